The number of aliphatic hydroxyl groups excluding tert-OH is 1. The van der Waals surface area contributed by atoms with E-state index >= 15 is 0 Å². The molecule has 0 bridgehead atoms. The number of hydrogen-bond donors (Lipinski definition) is 3. The second kappa shape index (κ2) is 15.6. The molecule has 1 amide bonds. The third-order valence-electron chi connectivity index (χ3n) is 6.94. The zero-order valence-corrected chi connectivity index (χ0v) is 26.7. The van der Waals surface area contributed by atoms with Crippen molar-refractivity contribution in [3.63, 3.8) is 0 Å². The number of azide groups is 1. The Labute approximate surface area is 272 Å². The van der Waals surface area contributed by atoms with Crippen LogP contribution in [-0.2, 0) is 25.6 Å². The van der Waals surface area contributed by atoms with Gasteiger partial charge >= 0.3 is 5.97 Å². The first-order valence-corrected chi connectivity index (χ1v) is 15.2. The van der Waals surface area contributed by atoms with Gasteiger partial charge in [-0.3, -0.25) is 15.0 Å². The average Bonchev–Trinajstić information content (AvgIpc) is 3.42. The summed E-state index contributed by atoms with van der Waals surface area (Å²) in [6, 6.07) is 20.8. The minimum Gasteiger partial charge on any atom is -0.494 e. The summed E-state index contributed by atoms with van der Waals surface area (Å²) in [6.07, 6.45) is -0.827. The van der Waals surface area contributed by atoms with Crippen molar-refractivity contribution in [1.29, 1.82) is 0 Å². The van der Waals surface area contributed by atoms with Gasteiger partial charge in [-0.15, -0.1) is 0 Å². The standard InChI is InChI=1S/C33H37ClN6O6/c1-32(2,3)46-28(42)17-18-33(31(43)39-36-21-22-9-13-24(34)14-10-22)29(26-7-4-5-8-27(26)38-40-35)45-30(37-33)23-11-15-25(16-12-23)44-20-6-19-41/h4-5,7-16,29,36,41H,6,17-21H2,1-3H3,(H,39,43)/t29-,33-/m0/s1. The molecule has 3 aromatic rings. The van der Waals surface area contributed by atoms with Gasteiger partial charge in [-0.05, 0) is 74.7 Å². The Morgan fingerprint density at radius 1 is 1.11 bits per heavy atom. The molecule has 4 rings (SSSR count). The van der Waals surface area contributed by atoms with E-state index in [9.17, 15) is 15.1 Å². The van der Waals surface area contributed by atoms with Crippen molar-refractivity contribution >= 4 is 35.1 Å². The van der Waals surface area contributed by atoms with Crippen molar-refractivity contribution in [1.82, 2.24) is 10.9 Å². The van der Waals surface area contributed by atoms with Crippen molar-refractivity contribution < 1.29 is 28.9 Å². The zero-order chi connectivity index (χ0) is 33.2. The SMILES string of the molecule is CC(C)(C)OC(=O)CC[C@]1(C(=O)NNCc2ccc(Cl)cc2)N=C(c2ccc(OCCCO)cc2)O[C@H]1c1ccccc1N=[N+]=[N-]. The Hall–Kier alpha value is -4.61. The normalized spacial score (nSPS) is 17.3. The first-order valence-electron chi connectivity index (χ1n) is 14.8. The molecule has 0 aliphatic carbocycles. The van der Waals surface area contributed by atoms with E-state index < -0.39 is 29.1 Å². The molecule has 3 N–H and O–H groups in total. The molecule has 2 atom stereocenters. The lowest BCUT2D eigenvalue weighted by molar-refractivity contribution is -0.155. The zero-order valence-electron chi connectivity index (χ0n) is 25.9. The molecule has 0 saturated heterocycles. The number of hydrogen-bond acceptors (Lipinski definition) is 9. The van der Waals surface area contributed by atoms with Gasteiger partial charge in [0.2, 0.25) is 5.90 Å². The number of aliphatic imine (C=N–C) groups is 1. The maximum absolute atomic E-state index is 14.3. The molecule has 3 aromatic carbocycles. The fourth-order valence-corrected chi connectivity index (χ4v) is 4.94. The van der Waals surface area contributed by atoms with Crippen molar-refractivity contribution in [3.05, 3.63) is 105 Å². The topological polar surface area (TPSA) is 167 Å². The van der Waals surface area contributed by atoms with E-state index in [0.29, 0.717) is 34.9 Å². The summed E-state index contributed by atoms with van der Waals surface area (Å²) in [7, 11) is 0. The van der Waals surface area contributed by atoms with Crippen LogP contribution in [0.1, 0.15) is 62.8 Å². The minimum absolute atomic E-state index is 0.0173. The highest BCUT2D eigenvalue weighted by atomic mass is 35.5. The number of aliphatic hydroxyl groups is 1. The third-order valence-corrected chi connectivity index (χ3v) is 7.19. The van der Waals surface area contributed by atoms with Gasteiger partial charge in [-0.2, -0.15) is 0 Å². The number of rotatable bonds is 14. The molecule has 13 heteroatoms. The summed E-state index contributed by atoms with van der Waals surface area (Å²) in [5.74, 6) is -0.338. The van der Waals surface area contributed by atoms with Crippen LogP contribution in [0.3, 0.4) is 0 Å². The molecule has 0 radical (unpaired) electrons. The molecular weight excluding hydrogens is 612 g/mol. The number of esters is 1. The molecule has 12 nitrogen and oxygen atoms in total. The summed E-state index contributed by atoms with van der Waals surface area (Å²) in [4.78, 5) is 35.0. The number of ether oxygens (including phenoxy) is 3. The number of nitrogens with zero attached hydrogens (tertiary/aromatic N) is 4. The van der Waals surface area contributed by atoms with Crippen LogP contribution in [0.4, 0.5) is 5.69 Å². The third kappa shape index (κ3) is 8.98. The van der Waals surface area contributed by atoms with Crippen molar-refractivity contribution in [3.8, 4) is 5.75 Å². The van der Waals surface area contributed by atoms with Crippen molar-refractivity contribution in [2.45, 2.75) is 63.8 Å². The number of nitrogens with one attached hydrogen (secondary N) is 2. The average molecular weight is 649 g/mol. The number of carbonyl (C=O) groups is 2. The van der Waals surface area contributed by atoms with Crippen LogP contribution in [0.2, 0.25) is 5.02 Å². The summed E-state index contributed by atoms with van der Waals surface area (Å²) in [5.41, 5.74) is 14.7. The number of halogens is 1. The molecule has 0 fully saturated rings. The lowest BCUT2D eigenvalue weighted by Gasteiger charge is -2.31. The molecular formula is C33H37ClN6O6. The highest BCUT2D eigenvalue weighted by Crippen LogP contribution is 2.46. The first-order chi connectivity index (χ1) is 22.0. The summed E-state index contributed by atoms with van der Waals surface area (Å²) < 4.78 is 17.7. The van der Waals surface area contributed by atoms with Gasteiger partial charge in [0.05, 0.1) is 6.61 Å². The van der Waals surface area contributed by atoms with Gasteiger partial charge in [0, 0.05) is 52.7 Å². The van der Waals surface area contributed by atoms with E-state index in [2.05, 4.69) is 20.9 Å². The lowest BCUT2D eigenvalue weighted by Crippen LogP contribution is -2.52. The Kier molecular flexibility index (Phi) is 11.6. The van der Waals surface area contributed by atoms with Crippen LogP contribution >= 0.6 is 11.6 Å². The fourth-order valence-electron chi connectivity index (χ4n) is 4.82. The smallest absolute Gasteiger partial charge is 0.306 e. The van der Waals surface area contributed by atoms with Gasteiger partial charge < -0.3 is 19.3 Å². The van der Waals surface area contributed by atoms with E-state index in [1.165, 1.54) is 0 Å². The van der Waals surface area contributed by atoms with Crippen LogP contribution in [0.15, 0.2) is 82.9 Å². The summed E-state index contributed by atoms with van der Waals surface area (Å²) in [5, 5.41) is 13.5. The molecule has 1 heterocycles. The quantitative estimate of drug-likeness (QED) is 0.0464. The van der Waals surface area contributed by atoms with Crippen LogP contribution < -0.4 is 15.6 Å². The highest BCUT2D eigenvalue weighted by molar-refractivity contribution is 6.30. The molecule has 242 valence electrons. The molecule has 0 aromatic heterocycles. The number of benzene rings is 3. The van der Waals surface area contributed by atoms with Crippen LogP contribution in [0.5, 0.6) is 5.75 Å². The molecule has 1 aliphatic rings. The summed E-state index contributed by atoms with van der Waals surface area (Å²) in [6.45, 7) is 5.93. The second-order valence-electron chi connectivity index (χ2n) is 11.6. The second-order valence-corrected chi connectivity index (χ2v) is 12.0. The predicted octanol–water partition coefficient (Wildman–Crippen LogP) is 6.24. The Morgan fingerprint density at radius 2 is 1.83 bits per heavy atom. The van der Waals surface area contributed by atoms with E-state index in [1.54, 1.807) is 81.4 Å². The minimum atomic E-state index is -1.68. The molecule has 1 aliphatic heterocycles. The van der Waals surface area contributed by atoms with Crippen molar-refractivity contribution in [2.75, 3.05) is 13.2 Å². The highest BCUT2D eigenvalue weighted by Gasteiger charge is 2.54. The molecule has 0 unspecified atom stereocenters. The molecule has 0 spiro atoms. The molecule has 46 heavy (non-hydrogen) atoms. The van der Waals surface area contributed by atoms with Gasteiger partial charge in [-0.1, -0.05) is 53.1 Å². The Balaban J connectivity index is 1.73. The van der Waals surface area contributed by atoms with Crippen LogP contribution in [0.25, 0.3) is 10.4 Å². The van der Waals surface area contributed by atoms with Gasteiger partial charge in [0.25, 0.3) is 5.91 Å². The monoisotopic (exact) mass is 648 g/mol. The maximum Gasteiger partial charge on any atom is 0.306 e. The lowest BCUT2D eigenvalue weighted by atomic mass is 9.83. The Bertz CT molecular complexity index is 1590. The first kappa shape index (κ1) is 34.3. The predicted molar refractivity (Wildman–Crippen MR) is 173 cm³/mol. The van der Waals surface area contributed by atoms with E-state index in [1.807, 2.05) is 12.1 Å². The Morgan fingerprint density at radius 3 is 2.50 bits per heavy atom. The van der Waals surface area contributed by atoms with Crippen LogP contribution in [0, 0.1) is 0 Å². The summed E-state index contributed by atoms with van der Waals surface area (Å²) >= 11 is 6.01. The van der Waals surface area contributed by atoms with Gasteiger partial charge in [0.15, 0.2) is 11.6 Å². The fraction of sp³-hybridized carbons (Fsp3) is 0.364. The largest absolute Gasteiger partial charge is 0.494 e. The van der Waals surface area contributed by atoms with Gasteiger partial charge in [-0.25, -0.2) is 10.4 Å². The van der Waals surface area contributed by atoms with Crippen molar-refractivity contribution in [2.24, 2.45) is 10.1 Å². The molecule has 0 saturated carbocycles. The van der Waals surface area contributed by atoms with E-state index in [0.717, 1.165) is 5.56 Å². The van der Waals surface area contributed by atoms with E-state index in [4.69, 9.17) is 35.9 Å². The maximum atomic E-state index is 14.3. The number of carbonyl (C=O) groups excluding carboxylic acids is 2. The van der Waals surface area contributed by atoms with Crippen LogP contribution in [-0.4, -0.2) is 47.2 Å². The van der Waals surface area contributed by atoms with Gasteiger partial charge in [0.1, 0.15) is 11.4 Å². The van der Waals surface area contributed by atoms with E-state index in [-0.39, 0.29) is 37.6 Å². The number of amides is 1. The number of hydrazine groups is 1.